The van der Waals surface area contributed by atoms with Crippen molar-refractivity contribution in [1.82, 2.24) is 5.32 Å². The maximum Gasteiger partial charge on any atom is 0.224 e. The molecule has 2 rings (SSSR count). The Balaban J connectivity index is 2.05. The van der Waals surface area contributed by atoms with Crippen molar-refractivity contribution >= 4 is 34.0 Å². The first-order chi connectivity index (χ1) is 14.0. The van der Waals surface area contributed by atoms with E-state index in [1.165, 1.54) is 6.26 Å². The quantitative estimate of drug-likeness (QED) is 0.532. The van der Waals surface area contributed by atoms with E-state index in [-0.39, 0.29) is 29.3 Å². The molecule has 0 saturated carbocycles. The van der Waals surface area contributed by atoms with E-state index < -0.39 is 16.5 Å². The lowest BCUT2D eigenvalue weighted by molar-refractivity contribution is -0.121. The zero-order valence-corrected chi connectivity index (χ0v) is 18.1. The SMILES string of the molecule is C[S+]([O-])C(CCCO)NC(=O)CC(Cc1ccccc1)SC(=O)c1ccccc1. The summed E-state index contributed by atoms with van der Waals surface area (Å²) in [5, 5.41) is 11.0. The van der Waals surface area contributed by atoms with Crippen molar-refractivity contribution in [1.29, 1.82) is 0 Å². The van der Waals surface area contributed by atoms with Crippen molar-refractivity contribution < 1.29 is 19.2 Å². The Hall–Kier alpha value is -1.80. The largest absolute Gasteiger partial charge is 0.615 e. The second-order valence-electron chi connectivity index (χ2n) is 6.71. The van der Waals surface area contributed by atoms with Gasteiger partial charge >= 0.3 is 0 Å². The first kappa shape index (κ1) is 23.5. The maximum atomic E-state index is 12.7. The minimum absolute atomic E-state index is 0.0123. The van der Waals surface area contributed by atoms with Crippen LogP contribution in [-0.4, -0.2) is 44.2 Å². The third-order valence-corrected chi connectivity index (χ3v) is 6.62. The van der Waals surface area contributed by atoms with Gasteiger partial charge in [-0.25, -0.2) is 0 Å². The minimum atomic E-state index is -1.24. The van der Waals surface area contributed by atoms with Crippen molar-refractivity contribution in [3.63, 3.8) is 0 Å². The predicted molar refractivity (Wildman–Crippen MR) is 119 cm³/mol. The first-order valence-corrected chi connectivity index (χ1v) is 12.0. The van der Waals surface area contributed by atoms with Crippen molar-refractivity contribution in [2.45, 2.75) is 36.3 Å². The number of hydrogen-bond acceptors (Lipinski definition) is 5. The molecular weight excluding hydrogens is 406 g/mol. The predicted octanol–water partition coefficient (Wildman–Crippen LogP) is 3.15. The molecule has 0 spiro atoms. The maximum absolute atomic E-state index is 12.7. The van der Waals surface area contributed by atoms with E-state index in [1.54, 1.807) is 12.1 Å². The van der Waals surface area contributed by atoms with Crippen LogP contribution in [0.5, 0.6) is 0 Å². The molecule has 0 aliphatic rings. The second kappa shape index (κ2) is 12.7. The average Bonchev–Trinajstić information content (AvgIpc) is 2.72. The number of amides is 1. The molecule has 1 amide bonds. The van der Waals surface area contributed by atoms with Gasteiger partial charge in [-0.15, -0.1) is 0 Å². The van der Waals surface area contributed by atoms with Crippen LogP contribution in [0, 0.1) is 0 Å². The third kappa shape index (κ3) is 8.62. The molecule has 3 atom stereocenters. The van der Waals surface area contributed by atoms with Gasteiger partial charge in [0.2, 0.25) is 11.0 Å². The van der Waals surface area contributed by atoms with Gasteiger partial charge in [0.15, 0.2) is 5.37 Å². The molecule has 0 aliphatic carbocycles. The van der Waals surface area contributed by atoms with Crippen LogP contribution in [0.3, 0.4) is 0 Å². The summed E-state index contributed by atoms with van der Waals surface area (Å²) in [6, 6.07) is 18.8. The number of hydrogen-bond donors (Lipinski definition) is 2. The second-order valence-corrected chi connectivity index (χ2v) is 9.55. The Morgan fingerprint density at radius 2 is 1.72 bits per heavy atom. The van der Waals surface area contributed by atoms with Gasteiger partial charge in [0.25, 0.3) is 0 Å². The Morgan fingerprint density at radius 1 is 1.10 bits per heavy atom. The van der Waals surface area contributed by atoms with Crippen molar-refractivity contribution in [2.24, 2.45) is 0 Å². The van der Waals surface area contributed by atoms with E-state index in [0.717, 1.165) is 17.3 Å². The lowest BCUT2D eigenvalue weighted by atomic mass is 10.1. The highest BCUT2D eigenvalue weighted by molar-refractivity contribution is 8.14. The highest BCUT2D eigenvalue weighted by atomic mass is 32.2. The Labute approximate surface area is 179 Å². The van der Waals surface area contributed by atoms with Gasteiger partial charge in [-0.1, -0.05) is 72.4 Å². The van der Waals surface area contributed by atoms with Gasteiger partial charge in [-0.3, -0.25) is 9.59 Å². The Bertz CT molecular complexity index is 756. The van der Waals surface area contributed by atoms with Crippen molar-refractivity contribution in [3.05, 3.63) is 71.8 Å². The van der Waals surface area contributed by atoms with Crippen molar-refractivity contribution in [2.75, 3.05) is 12.9 Å². The molecule has 7 heteroatoms. The summed E-state index contributed by atoms with van der Waals surface area (Å²) in [6.45, 7) is -0.0123. The van der Waals surface area contributed by atoms with E-state index in [4.69, 9.17) is 5.11 Å². The topological polar surface area (TPSA) is 89.5 Å². The van der Waals surface area contributed by atoms with Crippen LogP contribution in [-0.2, 0) is 22.4 Å². The molecular formula is C22H27NO4S2. The van der Waals surface area contributed by atoms with Gasteiger partial charge in [0, 0.05) is 30.3 Å². The van der Waals surface area contributed by atoms with E-state index >= 15 is 0 Å². The van der Waals surface area contributed by atoms with Crippen LogP contribution < -0.4 is 5.32 Å². The molecule has 3 unspecified atom stereocenters. The monoisotopic (exact) mass is 433 g/mol. The van der Waals surface area contributed by atoms with Gasteiger partial charge in [0.05, 0.1) is 6.26 Å². The third-order valence-electron chi connectivity index (χ3n) is 4.35. The van der Waals surface area contributed by atoms with Gasteiger partial charge < -0.3 is 15.0 Å². The van der Waals surface area contributed by atoms with Gasteiger partial charge in [0.1, 0.15) is 0 Å². The number of rotatable bonds is 11. The summed E-state index contributed by atoms with van der Waals surface area (Å²) < 4.78 is 11.9. The molecule has 0 bridgehead atoms. The summed E-state index contributed by atoms with van der Waals surface area (Å²) in [6.07, 6.45) is 3.18. The Morgan fingerprint density at radius 3 is 2.31 bits per heavy atom. The number of carbonyl (C=O) groups excluding carboxylic acids is 2. The van der Waals surface area contributed by atoms with Gasteiger partial charge in [-0.2, -0.15) is 0 Å². The molecule has 0 aromatic heterocycles. The number of thioether (sulfide) groups is 1. The molecule has 0 radical (unpaired) electrons. The molecule has 5 nitrogen and oxygen atoms in total. The standard InChI is InChI=1S/C22H27NO4S2/c1-29(27)21(13-8-14-24)23-20(25)16-19(15-17-9-4-2-5-10-17)28-22(26)18-11-6-3-7-12-18/h2-7,9-12,19,21,24H,8,13-16H2,1H3,(H,23,25). The molecule has 2 N–H and O–H groups in total. The first-order valence-electron chi connectivity index (χ1n) is 9.52. The van der Waals surface area contributed by atoms with Crippen molar-refractivity contribution in [3.8, 4) is 0 Å². The van der Waals surface area contributed by atoms with Crippen LogP contribution in [0.15, 0.2) is 60.7 Å². The smallest absolute Gasteiger partial charge is 0.224 e. The number of aliphatic hydroxyl groups excluding tert-OH is 1. The minimum Gasteiger partial charge on any atom is -0.615 e. The average molecular weight is 434 g/mol. The molecule has 0 heterocycles. The number of benzene rings is 2. The Kier molecular flexibility index (Phi) is 10.3. The van der Waals surface area contributed by atoms with Gasteiger partial charge in [-0.05, 0) is 29.6 Å². The molecule has 29 heavy (non-hydrogen) atoms. The summed E-state index contributed by atoms with van der Waals surface area (Å²) >= 11 is -0.0767. The molecule has 156 valence electrons. The lowest BCUT2D eigenvalue weighted by Crippen LogP contribution is -2.41. The van der Waals surface area contributed by atoms with E-state index in [9.17, 15) is 14.1 Å². The van der Waals surface area contributed by atoms with Crippen LogP contribution in [0.1, 0.15) is 35.2 Å². The number of aliphatic hydroxyl groups is 1. The highest BCUT2D eigenvalue weighted by Crippen LogP contribution is 2.24. The fourth-order valence-corrected chi connectivity index (χ4v) is 4.75. The van der Waals surface area contributed by atoms with Crippen LogP contribution in [0.2, 0.25) is 0 Å². The zero-order valence-electron chi connectivity index (χ0n) is 16.5. The number of carbonyl (C=O) groups is 2. The summed E-state index contributed by atoms with van der Waals surface area (Å²) in [5.74, 6) is -0.238. The summed E-state index contributed by atoms with van der Waals surface area (Å²) in [4.78, 5) is 25.3. The lowest BCUT2D eigenvalue weighted by Gasteiger charge is -2.21. The van der Waals surface area contributed by atoms with E-state index in [0.29, 0.717) is 24.8 Å². The summed E-state index contributed by atoms with van der Waals surface area (Å²) in [5.41, 5.74) is 1.65. The molecule has 2 aromatic rings. The molecule has 0 saturated heterocycles. The molecule has 0 fully saturated rings. The van der Waals surface area contributed by atoms with Crippen LogP contribution in [0.25, 0.3) is 0 Å². The normalized spacial score (nSPS) is 14.0. The fraction of sp³-hybridized carbons (Fsp3) is 0.364. The summed E-state index contributed by atoms with van der Waals surface area (Å²) in [7, 11) is 0. The molecule has 0 aliphatic heterocycles. The zero-order chi connectivity index (χ0) is 21.1. The van der Waals surface area contributed by atoms with E-state index in [2.05, 4.69) is 5.32 Å². The fourth-order valence-electron chi connectivity index (χ4n) is 2.87. The number of nitrogens with one attached hydrogen (secondary N) is 1. The highest BCUT2D eigenvalue weighted by Gasteiger charge is 2.24. The van der Waals surface area contributed by atoms with Crippen LogP contribution >= 0.6 is 11.8 Å². The molecule has 2 aromatic carbocycles. The van der Waals surface area contributed by atoms with Crippen LogP contribution in [0.4, 0.5) is 0 Å². The van der Waals surface area contributed by atoms with E-state index in [1.807, 2.05) is 48.5 Å².